The molecule has 0 amide bonds. The lowest BCUT2D eigenvalue weighted by atomic mass is 10.3. The van der Waals surface area contributed by atoms with Crippen molar-refractivity contribution in [3.05, 3.63) is 23.9 Å². The molecule has 1 aromatic rings. The summed E-state index contributed by atoms with van der Waals surface area (Å²) in [6.07, 6.45) is 0.956. The number of nitrogens with zero attached hydrogens (tertiary/aromatic N) is 1. The Morgan fingerprint density at radius 3 is 2.90 bits per heavy atom. The third-order valence-corrected chi connectivity index (χ3v) is 1.35. The maximum Gasteiger partial charge on any atom is 0.213 e. The Balaban J connectivity index is 2.87. The van der Waals surface area contributed by atoms with E-state index in [0.29, 0.717) is 5.88 Å². The SMILES string of the molecule is CCc1cccc(OC)n1. The third kappa shape index (κ3) is 1.47. The summed E-state index contributed by atoms with van der Waals surface area (Å²) in [5.41, 5.74) is 1.07. The van der Waals surface area contributed by atoms with E-state index in [0.717, 1.165) is 12.1 Å². The summed E-state index contributed by atoms with van der Waals surface area (Å²) in [6, 6.07) is 5.78. The van der Waals surface area contributed by atoms with Crippen LogP contribution in [0.25, 0.3) is 0 Å². The zero-order valence-electron chi connectivity index (χ0n) is 6.29. The molecule has 0 aliphatic carbocycles. The number of aromatic nitrogens is 1. The Hall–Kier alpha value is -1.05. The van der Waals surface area contributed by atoms with Crippen LogP contribution in [0.3, 0.4) is 0 Å². The maximum absolute atomic E-state index is 4.95. The lowest BCUT2D eigenvalue weighted by Crippen LogP contribution is -1.90. The Morgan fingerprint density at radius 1 is 1.50 bits per heavy atom. The van der Waals surface area contributed by atoms with Crippen LogP contribution in [-0.4, -0.2) is 12.1 Å². The molecule has 0 spiro atoms. The fourth-order valence-electron chi connectivity index (χ4n) is 0.768. The molecule has 0 radical (unpaired) electrons. The lowest BCUT2D eigenvalue weighted by molar-refractivity contribution is 0.396. The highest BCUT2D eigenvalue weighted by Crippen LogP contribution is 2.06. The normalized spacial score (nSPS) is 9.40. The van der Waals surface area contributed by atoms with Gasteiger partial charge in [0.1, 0.15) is 0 Å². The number of hydrogen-bond acceptors (Lipinski definition) is 2. The lowest BCUT2D eigenvalue weighted by Gasteiger charge is -1.98. The largest absolute Gasteiger partial charge is 0.481 e. The monoisotopic (exact) mass is 137 g/mol. The Bertz CT molecular complexity index is 191. The number of ether oxygens (including phenoxy) is 1. The molecule has 0 saturated heterocycles. The quantitative estimate of drug-likeness (QED) is 0.618. The van der Waals surface area contributed by atoms with Gasteiger partial charge in [0, 0.05) is 11.8 Å². The highest BCUT2D eigenvalue weighted by molar-refractivity contribution is 5.15. The minimum atomic E-state index is 0.694. The molecule has 0 unspecified atom stereocenters. The van der Waals surface area contributed by atoms with E-state index in [4.69, 9.17) is 4.74 Å². The van der Waals surface area contributed by atoms with E-state index < -0.39 is 0 Å². The molecule has 0 N–H and O–H groups in total. The number of methoxy groups -OCH3 is 1. The van der Waals surface area contributed by atoms with Crippen molar-refractivity contribution in [3.8, 4) is 5.88 Å². The molecule has 0 fully saturated rings. The Kier molecular flexibility index (Phi) is 2.26. The fraction of sp³-hybridized carbons (Fsp3) is 0.375. The van der Waals surface area contributed by atoms with E-state index in [9.17, 15) is 0 Å². The van der Waals surface area contributed by atoms with Gasteiger partial charge in [-0.25, -0.2) is 4.98 Å². The second-order valence-electron chi connectivity index (χ2n) is 2.02. The summed E-state index contributed by atoms with van der Waals surface area (Å²) in [6.45, 7) is 2.07. The molecule has 0 aromatic carbocycles. The Labute approximate surface area is 60.9 Å². The zero-order valence-corrected chi connectivity index (χ0v) is 6.29. The predicted octanol–water partition coefficient (Wildman–Crippen LogP) is 1.65. The summed E-state index contributed by atoms with van der Waals surface area (Å²) in [4.78, 5) is 4.19. The second-order valence-corrected chi connectivity index (χ2v) is 2.02. The smallest absolute Gasteiger partial charge is 0.213 e. The molecule has 54 valence electrons. The molecule has 2 nitrogen and oxygen atoms in total. The molecule has 0 saturated carbocycles. The first-order valence-corrected chi connectivity index (χ1v) is 3.36. The topological polar surface area (TPSA) is 22.1 Å². The van der Waals surface area contributed by atoms with E-state index in [-0.39, 0.29) is 0 Å². The summed E-state index contributed by atoms with van der Waals surface area (Å²) in [5.74, 6) is 0.694. The molecule has 0 aliphatic heterocycles. The van der Waals surface area contributed by atoms with Gasteiger partial charge in [-0.3, -0.25) is 0 Å². The third-order valence-electron chi connectivity index (χ3n) is 1.35. The van der Waals surface area contributed by atoms with Gasteiger partial charge in [-0.05, 0) is 12.5 Å². The highest BCUT2D eigenvalue weighted by atomic mass is 16.5. The van der Waals surface area contributed by atoms with E-state index in [2.05, 4.69) is 11.9 Å². The van der Waals surface area contributed by atoms with E-state index in [1.807, 2.05) is 18.2 Å². The molecule has 10 heavy (non-hydrogen) atoms. The first-order chi connectivity index (χ1) is 4.86. The minimum absolute atomic E-state index is 0.694. The molecular weight excluding hydrogens is 126 g/mol. The molecule has 2 heteroatoms. The van der Waals surface area contributed by atoms with Crippen molar-refractivity contribution in [1.29, 1.82) is 0 Å². The van der Waals surface area contributed by atoms with Gasteiger partial charge in [-0.15, -0.1) is 0 Å². The summed E-state index contributed by atoms with van der Waals surface area (Å²) in [7, 11) is 1.63. The minimum Gasteiger partial charge on any atom is -0.481 e. The maximum atomic E-state index is 4.95. The average Bonchev–Trinajstić information content (AvgIpc) is 2.05. The van der Waals surface area contributed by atoms with Crippen LogP contribution in [0, 0.1) is 0 Å². The van der Waals surface area contributed by atoms with Crippen LogP contribution in [0.15, 0.2) is 18.2 Å². The van der Waals surface area contributed by atoms with Crippen LogP contribution in [0.1, 0.15) is 12.6 Å². The molecule has 0 bridgehead atoms. The first-order valence-electron chi connectivity index (χ1n) is 3.36. The molecular formula is C8H11NO. The standard InChI is InChI=1S/C8H11NO/c1-3-7-5-4-6-8(9-7)10-2/h4-6H,3H2,1-2H3. The molecule has 0 aliphatic rings. The van der Waals surface area contributed by atoms with Gasteiger partial charge in [-0.2, -0.15) is 0 Å². The van der Waals surface area contributed by atoms with Crippen molar-refractivity contribution in [2.75, 3.05) is 7.11 Å². The van der Waals surface area contributed by atoms with Crippen LogP contribution in [0.4, 0.5) is 0 Å². The molecule has 1 heterocycles. The number of aryl methyl sites for hydroxylation is 1. The average molecular weight is 137 g/mol. The van der Waals surface area contributed by atoms with Crippen LogP contribution in [0.5, 0.6) is 5.88 Å². The van der Waals surface area contributed by atoms with Crippen molar-refractivity contribution in [1.82, 2.24) is 4.98 Å². The van der Waals surface area contributed by atoms with Gasteiger partial charge in [-0.1, -0.05) is 13.0 Å². The van der Waals surface area contributed by atoms with Gasteiger partial charge in [0.25, 0.3) is 0 Å². The van der Waals surface area contributed by atoms with E-state index in [1.165, 1.54) is 0 Å². The summed E-state index contributed by atoms with van der Waals surface area (Å²) in [5, 5.41) is 0. The van der Waals surface area contributed by atoms with Crippen molar-refractivity contribution in [2.45, 2.75) is 13.3 Å². The zero-order chi connectivity index (χ0) is 7.40. The van der Waals surface area contributed by atoms with Crippen LogP contribution in [-0.2, 0) is 6.42 Å². The molecule has 1 aromatic heterocycles. The summed E-state index contributed by atoms with van der Waals surface area (Å²) >= 11 is 0. The molecule has 0 atom stereocenters. The number of rotatable bonds is 2. The van der Waals surface area contributed by atoms with E-state index >= 15 is 0 Å². The van der Waals surface area contributed by atoms with Gasteiger partial charge in [0.15, 0.2) is 0 Å². The fourth-order valence-corrected chi connectivity index (χ4v) is 0.768. The van der Waals surface area contributed by atoms with Crippen LogP contribution < -0.4 is 4.74 Å². The van der Waals surface area contributed by atoms with Crippen molar-refractivity contribution < 1.29 is 4.74 Å². The number of pyridine rings is 1. The van der Waals surface area contributed by atoms with Gasteiger partial charge in [0.05, 0.1) is 7.11 Å². The van der Waals surface area contributed by atoms with Gasteiger partial charge < -0.3 is 4.74 Å². The first kappa shape index (κ1) is 7.06. The van der Waals surface area contributed by atoms with Crippen LogP contribution in [0.2, 0.25) is 0 Å². The Morgan fingerprint density at radius 2 is 2.30 bits per heavy atom. The second kappa shape index (κ2) is 3.20. The van der Waals surface area contributed by atoms with Gasteiger partial charge >= 0.3 is 0 Å². The molecule has 1 rings (SSSR count). The van der Waals surface area contributed by atoms with Crippen molar-refractivity contribution >= 4 is 0 Å². The van der Waals surface area contributed by atoms with Gasteiger partial charge in [0.2, 0.25) is 5.88 Å². The van der Waals surface area contributed by atoms with Crippen molar-refractivity contribution in [2.24, 2.45) is 0 Å². The summed E-state index contributed by atoms with van der Waals surface area (Å²) < 4.78 is 4.95. The van der Waals surface area contributed by atoms with Crippen molar-refractivity contribution in [3.63, 3.8) is 0 Å². The van der Waals surface area contributed by atoms with Crippen LogP contribution >= 0.6 is 0 Å². The van der Waals surface area contributed by atoms with E-state index in [1.54, 1.807) is 7.11 Å². The highest BCUT2D eigenvalue weighted by Gasteiger charge is 1.92. The number of hydrogen-bond donors (Lipinski definition) is 0. The predicted molar refractivity (Wildman–Crippen MR) is 40.2 cm³/mol.